The molecule has 98 valence electrons. The molecular formula is C13H25N3O. The third-order valence-corrected chi connectivity index (χ3v) is 3.00. The Hall–Kier alpha value is -0.770. The zero-order chi connectivity index (χ0) is 11.9. The highest BCUT2D eigenvalue weighted by Crippen LogP contribution is 2.28. The number of hydrogen-bond donors (Lipinski definition) is 2. The molecule has 2 N–H and O–H groups in total. The van der Waals surface area contributed by atoms with E-state index in [9.17, 15) is 0 Å². The number of aliphatic imine (C=N–C) groups is 1. The average Bonchev–Trinajstić information content (AvgIpc) is 3.19. The predicted octanol–water partition coefficient (Wildman–Crippen LogP) is 1.52. The minimum Gasteiger partial charge on any atom is -0.379 e. The SMILES string of the molecule is CCCN=C(NCCOCC1CC1)NC1CC1. The topological polar surface area (TPSA) is 45.7 Å². The summed E-state index contributed by atoms with van der Waals surface area (Å²) in [5.41, 5.74) is 0. The second-order valence-corrected chi connectivity index (χ2v) is 5.09. The lowest BCUT2D eigenvalue weighted by molar-refractivity contribution is 0.129. The van der Waals surface area contributed by atoms with Crippen molar-refractivity contribution in [1.29, 1.82) is 0 Å². The molecular weight excluding hydrogens is 214 g/mol. The van der Waals surface area contributed by atoms with Gasteiger partial charge in [0.25, 0.3) is 0 Å². The number of ether oxygens (including phenoxy) is 1. The lowest BCUT2D eigenvalue weighted by atomic mass is 10.5. The summed E-state index contributed by atoms with van der Waals surface area (Å²) in [6.45, 7) is 5.63. The normalized spacial score (nSPS) is 20.4. The van der Waals surface area contributed by atoms with Gasteiger partial charge in [-0.2, -0.15) is 0 Å². The van der Waals surface area contributed by atoms with E-state index in [0.29, 0.717) is 6.04 Å². The van der Waals surface area contributed by atoms with Crippen molar-refractivity contribution >= 4 is 5.96 Å². The van der Waals surface area contributed by atoms with Crippen molar-refractivity contribution in [2.24, 2.45) is 10.9 Å². The van der Waals surface area contributed by atoms with Crippen LogP contribution in [0.5, 0.6) is 0 Å². The third-order valence-electron chi connectivity index (χ3n) is 3.00. The molecule has 0 aromatic carbocycles. The van der Waals surface area contributed by atoms with Gasteiger partial charge in [-0.1, -0.05) is 6.92 Å². The maximum absolute atomic E-state index is 5.59. The first-order valence-corrected chi connectivity index (χ1v) is 7.01. The first kappa shape index (κ1) is 12.7. The van der Waals surface area contributed by atoms with Gasteiger partial charge in [-0.25, -0.2) is 0 Å². The zero-order valence-electron chi connectivity index (χ0n) is 10.9. The van der Waals surface area contributed by atoms with E-state index in [1.165, 1.54) is 25.7 Å². The molecule has 0 aromatic rings. The van der Waals surface area contributed by atoms with Crippen molar-refractivity contribution in [3.8, 4) is 0 Å². The number of rotatable bonds is 8. The van der Waals surface area contributed by atoms with Crippen LogP contribution in [0.4, 0.5) is 0 Å². The van der Waals surface area contributed by atoms with Crippen LogP contribution in [0.15, 0.2) is 4.99 Å². The molecule has 2 fully saturated rings. The first-order valence-electron chi connectivity index (χ1n) is 7.01. The number of hydrogen-bond acceptors (Lipinski definition) is 2. The summed E-state index contributed by atoms with van der Waals surface area (Å²) in [6.07, 6.45) is 6.38. The maximum Gasteiger partial charge on any atom is 0.191 e. The molecule has 4 heteroatoms. The van der Waals surface area contributed by atoms with Crippen LogP contribution in [0, 0.1) is 5.92 Å². The van der Waals surface area contributed by atoms with Gasteiger partial charge in [-0.15, -0.1) is 0 Å². The molecule has 2 aliphatic rings. The van der Waals surface area contributed by atoms with Gasteiger partial charge < -0.3 is 15.4 Å². The van der Waals surface area contributed by atoms with E-state index < -0.39 is 0 Å². The molecule has 0 aromatic heterocycles. The van der Waals surface area contributed by atoms with Crippen molar-refractivity contribution in [3.63, 3.8) is 0 Å². The van der Waals surface area contributed by atoms with Gasteiger partial charge in [0.05, 0.1) is 6.61 Å². The van der Waals surface area contributed by atoms with E-state index in [4.69, 9.17) is 4.74 Å². The Labute approximate surface area is 104 Å². The Morgan fingerprint density at radius 2 is 2.12 bits per heavy atom. The van der Waals surface area contributed by atoms with E-state index in [-0.39, 0.29) is 0 Å². The highest BCUT2D eigenvalue weighted by Gasteiger charge is 2.22. The summed E-state index contributed by atoms with van der Waals surface area (Å²) in [7, 11) is 0. The van der Waals surface area contributed by atoms with Crippen LogP contribution in [0.3, 0.4) is 0 Å². The molecule has 2 rings (SSSR count). The second-order valence-electron chi connectivity index (χ2n) is 5.09. The van der Waals surface area contributed by atoms with Gasteiger partial charge in [0, 0.05) is 25.7 Å². The highest BCUT2D eigenvalue weighted by molar-refractivity contribution is 5.80. The molecule has 0 saturated heterocycles. The predicted molar refractivity (Wildman–Crippen MR) is 70.3 cm³/mol. The minimum absolute atomic E-state index is 0.658. The van der Waals surface area contributed by atoms with Crippen LogP contribution in [-0.2, 0) is 4.74 Å². The molecule has 0 amide bonds. The van der Waals surface area contributed by atoms with Crippen LogP contribution < -0.4 is 10.6 Å². The van der Waals surface area contributed by atoms with E-state index >= 15 is 0 Å². The Bertz CT molecular complexity index is 247. The highest BCUT2D eigenvalue weighted by atomic mass is 16.5. The Balaban J connectivity index is 1.54. The van der Waals surface area contributed by atoms with E-state index in [1.54, 1.807) is 0 Å². The molecule has 0 bridgehead atoms. The fourth-order valence-corrected chi connectivity index (χ4v) is 1.57. The summed E-state index contributed by atoms with van der Waals surface area (Å²) in [5.74, 6) is 1.82. The molecule has 17 heavy (non-hydrogen) atoms. The van der Waals surface area contributed by atoms with Gasteiger partial charge in [0.15, 0.2) is 5.96 Å². The summed E-state index contributed by atoms with van der Waals surface area (Å²) in [6, 6.07) is 0.658. The Kier molecular flexibility index (Phi) is 5.10. The van der Waals surface area contributed by atoms with Crippen molar-refractivity contribution in [2.75, 3.05) is 26.3 Å². The summed E-state index contributed by atoms with van der Waals surface area (Å²) in [5, 5.41) is 6.76. The quantitative estimate of drug-likeness (QED) is 0.383. The van der Waals surface area contributed by atoms with Crippen LogP contribution in [0.2, 0.25) is 0 Å². The molecule has 0 radical (unpaired) electrons. The van der Waals surface area contributed by atoms with Gasteiger partial charge in [-0.3, -0.25) is 4.99 Å². The minimum atomic E-state index is 0.658. The fourth-order valence-electron chi connectivity index (χ4n) is 1.57. The standard InChI is InChI=1S/C13H25N3O/c1-2-7-14-13(16-12-5-6-12)15-8-9-17-10-11-3-4-11/h11-12H,2-10H2,1H3,(H2,14,15,16). The molecule has 0 spiro atoms. The lowest BCUT2D eigenvalue weighted by Gasteiger charge is -2.12. The molecule has 0 atom stereocenters. The first-order chi connectivity index (χ1) is 8.38. The fraction of sp³-hybridized carbons (Fsp3) is 0.923. The van der Waals surface area contributed by atoms with Crippen LogP contribution >= 0.6 is 0 Å². The van der Waals surface area contributed by atoms with E-state index in [0.717, 1.165) is 44.6 Å². The van der Waals surface area contributed by atoms with Gasteiger partial charge in [-0.05, 0) is 38.0 Å². The molecule has 4 nitrogen and oxygen atoms in total. The zero-order valence-corrected chi connectivity index (χ0v) is 10.9. The van der Waals surface area contributed by atoms with Crippen molar-refractivity contribution in [2.45, 2.75) is 45.1 Å². The molecule has 0 aliphatic heterocycles. The third kappa shape index (κ3) is 5.91. The average molecular weight is 239 g/mol. The monoisotopic (exact) mass is 239 g/mol. The largest absolute Gasteiger partial charge is 0.379 e. The Morgan fingerprint density at radius 1 is 1.29 bits per heavy atom. The van der Waals surface area contributed by atoms with Gasteiger partial charge >= 0.3 is 0 Å². The number of guanidine groups is 1. The number of nitrogens with zero attached hydrogens (tertiary/aromatic N) is 1. The van der Waals surface area contributed by atoms with E-state index in [2.05, 4.69) is 22.5 Å². The van der Waals surface area contributed by atoms with Crippen molar-refractivity contribution in [1.82, 2.24) is 10.6 Å². The van der Waals surface area contributed by atoms with Crippen molar-refractivity contribution < 1.29 is 4.74 Å². The molecule has 2 saturated carbocycles. The van der Waals surface area contributed by atoms with Gasteiger partial charge in [0.1, 0.15) is 0 Å². The van der Waals surface area contributed by atoms with Crippen molar-refractivity contribution in [3.05, 3.63) is 0 Å². The summed E-state index contributed by atoms with van der Waals surface area (Å²) in [4.78, 5) is 4.51. The maximum atomic E-state index is 5.59. The van der Waals surface area contributed by atoms with Crippen LogP contribution in [-0.4, -0.2) is 38.3 Å². The summed E-state index contributed by atoms with van der Waals surface area (Å²) < 4.78 is 5.59. The Morgan fingerprint density at radius 3 is 2.76 bits per heavy atom. The van der Waals surface area contributed by atoms with Crippen LogP contribution in [0.25, 0.3) is 0 Å². The summed E-state index contributed by atoms with van der Waals surface area (Å²) >= 11 is 0. The molecule has 0 heterocycles. The number of nitrogens with one attached hydrogen (secondary N) is 2. The molecule has 0 unspecified atom stereocenters. The molecule has 2 aliphatic carbocycles. The smallest absolute Gasteiger partial charge is 0.191 e. The lowest BCUT2D eigenvalue weighted by Crippen LogP contribution is -2.40. The van der Waals surface area contributed by atoms with Crippen LogP contribution in [0.1, 0.15) is 39.0 Å². The van der Waals surface area contributed by atoms with E-state index in [1.807, 2.05) is 0 Å². The second kappa shape index (κ2) is 6.84. The van der Waals surface area contributed by atoms with Gasteiger partial charge in [0.2, 0.25) is 0 Å².